The second-order valence-corrected chi connectivity index (χ2v) is 5.70. The molecule has 2 rings (SSSR count). The monoisotopic (exact) mass is 332 g/mol. The van der Waals surface area contributed by atoms with Crippen LogP contribution in [0.1, 0.15) is 31.1 Å². The van der Waals surface area contributed by atoms with E-state index in [4.69, 9.17) is 24.5 Å². The van der Waals surface area contributed by atoms with Crippen LogP contribution in [0.4, 0.5) is 4.79 Å². The quantitative estimate of drug-likeness (QED) is 0.643. The van der Waals surface area contributed by atoms with E-state index in [0.29, 0.717) is 17.1 Å². The average molecular weight is 332 g/mol. The molecule has 6 heteroatoms. The molecule has 0 aliphatic carbocycles. The molecule has 0 unspecified atom stereocenters. The van der Waals surface area contributed by atoms with Gasteiger partial charge < -0.3 is 19.7 Å². The van der Waals surface area contributed by atoms with Crippen molar-refractivity contribution in [3.8, 4) is 11.5 Å². The molecule has 2 N–H and O–H groups in total. The summed E-state index contributed by atoms with van der Waals surface area (Å²) in [4.78, 5) is 20.8. The van der Waals surface area contributed by atoms with Gasteiger partial charge in [0.05, 0.1) is 0 Å². The van der Waals surface area contributed by atoms with Crippen LogP contribution in [0.15, 0.2) is 54.6 Å². The Labute approximate surface area is 140 Å². The maximum atomic E-state index is 12.2. The van der Waals surface area contributed by atoms with Crippen LogP contribution in [-0.2, 0) is 0 Å². The van der Waals surface area contributed by atoms with E-state index in [2.05, 4.69) is 0 Å². The maximum absolute atomic E-state index is 12.2. The molecule has 2 aromatic rings. The van der Waals surface area contributed by atoms with Gasteiger partial charge in [-0.3, -0.25) is 0 Å². The molecule has 0 atom stereocenters. The molecular weight excluding hydrogens is 312 g/mol. The lowest BCUT2D eigenvalue weighted by atomic mass is 10.1. The van der Waals surface area contributed by atoms with Gasteiger partial charge in [-0.1, -0.05) is 30.3 Å². The van der Waals surface area contributed by atoms with Crippen molar-refractivity contribution in [2.75, 3.05) is 0 Å². The van der Waals surface area contributed by atoms with E-state index in [0.717, 1.165) is 0 Å². The van der Waals surface area contributed by atoms with Gasteiger partial charge in [0.15, 0.2) is 0 Å². The van der Waals surface area contributed by atoms with Crippen molar-refractivity contribution in [1.82, 2.24) is 0 Å². The number of rotatable bonds is 3. The fourth-order valence-electron chi connectivity index (χ4n) is 1.70. The zero-order valence-corrected chi connectivity index (χ0v) is 13.7. The number of para-hydroxylation sites is 2. The summed E-state index contributed by atoms with van der Waals surface area (Å²) in [6.45, 7) is 5.81. The first-order valence-electron chi connectivity index (χ1n) is 7.16. The van der Waals surface area contributed by atoms with E-state index in [1.807, 2.05) is 45.0 Å². The lowest BCUT2D eigenvalue weighted by molar-refractivity contribution is 0.0718. The predicted molar refractivity (Wildman–Crippen MR) is 88.9 cm³/mol. The number of benzene rings is 2. The highest BCUT2D eigenvalue weighted by Gasteiger charge is 2.19. The largest absolute Gasteiger partial charge is 0.503 e. The first kappa shape index (κ1) is 19.0. The molecule has 0 radical (unpaired) electrons. The molecule has 0 bridgehead atoms. The third-order valence-electron chi connectivity index (χ3n) is 2.48. The number of carbonyl (C=O) groups is 2. The van der Waals surface area contributed by atoms with Crippen LogP contribution in [0.5, 0.6) is 11.5 Å². The summed E-state index contributed by atoms with van der Waals surface area (Å²) in [6, 6.07) is 16.1. The van der Waals surface area contributed by atoms with Gasteiger partial charge >= 0.3 is 12.1 Å². The van der Waals surface area contributed by atoms with E-state index >= 15 is 0 Å². The number of ether oxygens (including phenoxy) is 2. The van der Waals surface area contributed by atoms with E-state index in [1.165, 1.54) is 0 Å². The molecule has 2 aromatic carbocycles. The highest BCUT2D eigenvalue weighted by atomic mass is 16.6. The lowest BCUT2D eigenvalue weighted by Gasteiger charge is -2.22. The number of carboxylic acid groups (broad SMARTS) is 2. The van der Waals surface area contributed by atoms with Crippen molar-refractivity contribution in [2.24, 2.45) is 0 Å². The topological polar surface area (TPSA) is 93.1 Å². The molecule has 0 aromatic heterocycles. The Kier molecular flexibility index (Phi) is 6.79. The van der Waals surface area contributed by atoms with Gasteiger partial charge in [-0.15, -0.1) is 0 Å². The van der Waals surface area contributed by atoms with Crippen LogP contribution in [0.25, 0.3) is 0 Å². The van der Waals surface area contributed by atoms with Crippen LogP contribution in [-0.4, -0.2) is 27.9 Å². The van der Waals surface area contributed by atoms with Crippen LogP contribution in [0, 0.1) is 0 Å². The first-order chi connectivity index (χ1) is 11.2. The molecule has 0 aliphatic rings. The van der Waals surface area contributed by atoms with Gasteiger partial charge in [0.1, 0.15) is 22.7 Å². The molecular formula is C18H20O6. The molecule has 24 heavy (non-hydrogen) atoms. The Morgan fingerprint density at radius 2 is 1.38 bits per heavy atom. The first-order valence-corrected chi connectivity index (χ1v) is 7.16. The molecule has 0 saturated carbocycles. The van der Waals surface area contributed by atoms with Gasteiger partial charge in [0.2, 0.25) is 0 Å². The molecule has 0 saturated heterocycles. The molecule has 0 amide bonds. The van der Waals surface area contributed by atoms with Crippen LogP contribution >= 0.6 is 0 Å². The molecule has 0 fully saturated rings. The Morgan fingerprint density at radius 3 is 1.92 bits per heavy atom. The minimum absolute atomic E-state index is 0.372. The number of hydrogen-bond acceptors (Lipinski definition) is 4. The number of esters is 1. The third-order valence-corrected chi connectivity index (χ3v) is 2.48. The zero-order valence-electron chi connectivity index (χ0n) is 13.7. The molecule has 0 aliphatic heterocycles. The average Bonchev–Trinajstić information content (AvgIpc) is 2.46. The standard InChI is InChI=1S/C17H18O3.CH2O3/c1-17(2,3)20-15-12-8-7-11-14(15)16(18)19-13-9-5-4-6-10-13;2-1(3)4/h4-12H,1-3H3;(H2,2,3,4). The second kappa shape index (κ2) is 8.57. The highest BCUT2D eigenvalue weighted by Crippen LogP contribution is 2.24. The highest BCUT2D eigenvalue weighted by molar-refractivity contribution is 5.94. The second-order valence-electron chi connectivity index (χ2n) is 5.70. The van der Waals surface area contributed by atoms with Gasteiger partial charge in [0, 0.05) is 0 Å². The summed E-state index contributed by atoms with van der Waals surface area (Å²) in [5.74, 6) is 0.625. The summed E-state index contributed by atoms with van der Waals surface area (Å²) >= 11 is 0. The summed E-state index contributed by atoms with van der Waals surface area (Å²) < 4.78 is 11.1. The van der Waals surface area contributed by atoms with Crippen molar-refractivity contribution in [3.63, 3.8) is 0 Å². The Bertz CT molecular complexity index is 669. The van der Waals surface area contributed by atoms with Crippen LogP contribution in [0.3, 0.4) is 0 Å². The smallest absolute Gasteiger partial charge is 0.487 e. The van der Waals surface area contributed by atoms with Gasteiger partial charge in [-0.05, 0) is 45.0 Å². The Morgan fingerprint density at radius 1 is 0.875 bits per heavy atom. The Hall–Kier alpha value is -3.02. The minimum Gasteiger partial charge on any atom is -0.487 e. The Balaban J connectivity index is 0.000000648. The van der Waals surface area contributed by atoms with Crippen molar-refractivity contribution in [3.05, 3.63) is 60.2 Å². The summed E-state index contributed by atoms with van der Waals surface area (Å²) in [6.07, 6.45) is -1.83. The minimum atomic E-state index is -1.83. The van der Waals surface area contributed by atoms with E-state index in [-0.39, 0.29) is 5.60 Å². The van der Waals surface area contributed by atoms with E-state index < -0.39 is 12.1 Å². The third kappa shape index (κ3) is 7.31. The summed E-state index contributed by atoms with van der Waals surface area (Å²) in [5, 5.41) is 13.9. The molecule has 6 nitrogen and oxygen atoms in total. The predicted octanol–water partition coefficient (Wildman–Crippen LogP) is 4.31. The number of carbonyl (C=O) groups excluding carboxylic acids is 1. The van der Waals surface area contributed by atoms with Crippen LogP contribution in [0.2, 0.25) is 0 Å². The fourth-order valence-corrected chi connectivity index (χ4v) is 1.70. The van der Waals surface area contributed by atoms with Gasteiger partial charge in [0.25, 0.3) is 0 Å². The fraction of sp³-hybridized carbons (Fsp3) is 0.222. The van der Waals surface area contributed by atoms with E-state index in [1.54, 1.807) is 30.3 Å². The molecule has 0 heterocycles. The maximum Gasteiger partial charge on any atom is 0.503 e. The lowest BCUT2D eigenvalue weighted by Crippen LogP contribution is -2.24. The van der Waals surface area contributed by atoms with Crippen molar-refractivity contribution < 1.29 is 29.3 Å². The molecule has 0 spiro atoms. The zero-order chi connectivity index (χ0) is 18.2. The van der Waals surface area contributed by atoms with Crippen molar-refractivity contribution >= 4 is 12.1 Å². The SMILES string of the molecule is CC(C)(C)Oc1ccccc1C(=O)Oc1ccccc1.O=C(O)O. The normalized spacial score (nSPS) is 10.1. The summed E-state index contributed by atoms with van der Waals surface area (Å²) in [5.41, 5.74) is 0.0506. The van der Waals surface area contributed by atoms with E-state index in [9.17, 15) is 4.79 Å². The van der Waals surface area contributed by atoms with Gasteiger partial charge in [-0.2, -0.15) is 0 Å². The number of hydrogen-bond donors (Lipinski definition) is 2. The van der Waals surface area contributed by atoms with Crippen molar-refractivity contribution in [1.29, 1.82) is 0 Å². The van der Waals surface area contributed by atoms with Gasteiger partial charge in [-0.25, -0.2) is 9.59 Å². The van der Waals surface area contributed by atoms with Crippen LogP contribution < -0.4 is 9.47 Å². The summed E-state index contributed by atoms with van der Waals surface area (Å²) in [7, 11) is 0. The molecule has 128 valence electrons. The van der Waals surface area contributed by atoms with Crippen molar-refractivity contribution in [2.45, 2.75) is 26.4 Å².